The summed E-state index contributed by atoms with van der Waals surface area (Å²) < 4.78 is 34.3. The monoisotopic (exact) mass is 1320 g/mol. The maximum absolute atomic E-state index is 13.4. The summed E-state index contributed by atoms with van der Waals surface area (Å²) in [6, 6.07) is -0.920. The fraction of sp³-hybridized carbons (Fsp3) is 0.667. The summed E-state index contributed by atoms with van der Waals surface area (Å²) in [6.07, 6.45) is 51.0. The maximum Gasteiger partial charge on any atom is 0.220 e. The van der Waals surface area contributed by atoms with Crippen molar-refractivity contribution in [3.8, 4) is 0 Å². The van der Waals surface area contributed by atoms with Gasteiger partial charge < -0.3 is 89.9 Å². The second kappa shape index (κ2) is 54.7. The van der Waals surface area contributed by atoms with E-state index in [1.807, 2.05) is 0 Å². The van der Waals surface area contributed by atoms with Gasteiger partial charge in [0, 0.05) is 6.42 Å². The molecule has 3 aliphatic heterocycles. The maximum atomic E-state index is 13.4. The number of hydrogen-bond acceptors (Lipinski definition) is 18. The molecule has 0 aromatic rings. The molecule has 3 fully saturated rings. The van der Waals surface area contributed by atoms with E-state index in [0.29, 0.717) is 19.3 Å². The third-order valence-corrected chi connectivity index (χ3v) is 16.4. The number of aliphatic hydroxyl groups excluding tert-OH is 11. The molecule has 0 aromatic carbocycles. The second-order valence-electron chi connectivity index (χ2n) is 24.3. The predicted molar refractivity (Wildman–Crippen MR) is 369 cm³/mol. The van der Waals surface area contributed by atoms with Gasteiger partial charge in [-0.05, 0) is 103 Å². The lowest BCUT2D eigenvalue weighted by molar-refractivity contribution is -0.379. The van der Waals surface area contributed by atoms with Crippen LogP contribution in [0.15, 0.2) is 146 Å². The molecule has 0 radical (unpaired) electrons. The summed E-state index contributed by atoms with van der Waals surface area (Å²) in [5, 5.41) is 120. The molecule has 0 bridgehead atoms. The molecule has 3 saturated heterocycles. The van der Waals surface area contributed by atoms with Gasteiger partial charge in [-0.3, -0.25) is 4.79 Å². The van der Waals surface area contributed by atoms with Gasteiger partial charge in [0.25, 0.3) is 0 Å². The van der Waals surface area contributed by atoms with E-state index in [0.717, 1.165) is 116 Å². The Morgan fingerprint density at radius 3 is 1.13 bits per heavy atom. The first kappa shape index (κ1) is 83.9. The third-order valence-electron chi connectivity index (χ3n) is 16.4. The molecule has 3 rings (SSSR count). The van der Waals surface area contributed by atoms with E-state index < -0.39 is 124 Å². The number of amides is 1. The Bertz CT molecular complexity index is 2270. The smallest absolute Gasteiger partial charge is 0.220 e. The van der Waals surface area contributed by atoms with Crippen molar-refractivity contribution in [2.45, 2.75) is 291 Å². The number of unbranched alkanes of at least 4 members (excludes halogenated alkanes) is 11. The summed E-state index contributed by atoms with van der Waals surface area (Å²) in [4.78, 5) is 13.4. The normalized spacial score (nSPS) is 28.3. The van der Waals surface area contributed by atoms with Crippen molar-refractivity contribution < 1.29 is 89.4 Å². The van der Waals surface area contributed by atoms with Crippen LogP contribution in [-0.2, 0) is 33.2 Å². The summed E-state index contributed by atoms with van der Waals surface area (Å²) in [7, 11) is 0. The molecule has 19 nitrogen and oxygen atoms in total. The second-order valence-corrected chi connectivity index (χ2v) is 24.3. The van der Waals surface area contributed by atoms with Gasteiger partial charge in [0.1, 0.15) is 73.2 Å². The topological polar surface area (TPSA) is 307 Å². The molecule has 3 aliphatic rings. The van der Waals surface area contributed by atoms with E-state index in [2.05, 4.69) is 165 Å². The number of carbonyl (C=O) groups excluding carboxylic acids is 1. The van der Waals surface area contributed by atoms with Crippen molar-refractivity contribution in [2.75, 3.05) is 26.4 Å². The van der Waals surface area contributed by atoms with Crippen molar-refractivity contribution in [3.63, 3.8) is 0 Å². The molecule has 0 aromatic heterocycles. The van der Waals surface area contributed by atoms with Crippen LogP contribution in [-0.4, -0.2) is 193 Å². The summed E-state index contributed by atoms with van der Waals surface area (Å²) >= 11 is 0. The Labute approximate surface area is 562 Å². The summed E-state index contributed by atoms with van der Waals surface area (Å²) in [5.74, 6) is -0.294. The molecule has 19 heteroatoms. The minimum Gasteiger partial charge on any atom is -0.394 e. The third kappa shape index (κ3) is 35.8. The van der Waals surface area contributed by atoms with E-state index in [1.54, 1.807) is 0 Å². The number of ether oxygens (including phenoxy) is 6. The average Bonchev–Trinajstić information content (AvgIpc) is 0.788. The molecule has 94 heavy (non-hydrogen) atoms. The first-order chi connectivity index (χ1) is 45.8. The van der Waals surface area contributed by atoms with Crippen molar-refractivity contribution in [3.05, 3.63) is 146 Å². The Kier molecular flexibility index (Phi) is 48.8. The number of nitrogens with one attached hydrogen (secondary N) is 1. The molecule has 1 amide bonds. The largest absolute Gasteiger partial charge is 0.394 e. The van der Waals surface area contributed by atoms with Crippen LogP contribution in [0.5, 0.6) is 0 Å². The van der Waals surface area contributed by atoms with Gasteiger partial charge in [-0.2, -0.15) is 0 Å². The highest BCUT2D eigenvalue weighted by Crippen LogP contribution is 2.33. The Balaban J connectivity index is 1.35. The zero-order chi connectivity index (χ0) is 68.2. The van der Waals surface area contributed by atoms with Gasteiger partial charge in [-0.1, -0.05) is 224 Å². The van der Waals surface area contributed by atoms with Gasteiger partial charge in [0.2, 0.25) is 5.91 Å². The fourth-order valence-electron chi connectivity index (χ4n) is 10.8. The van der Waals surface area contributed by atoms with Gasteiger partial charge in [0.15, 0.2) is 18.9 Å². The van der Waals surface area contributed by atoms with Crippen molar-refractivity contribution >= 4 is 5.91 Å². The van der Waals surface area contributed by atoms with Gasteiger partial charge >= 0.3 is 0 Å². The molecule has 0 spiro atoms. The van der Waals surface area contributed by atoms with E-state index >= 15 is 0 Å². The van der Waals surface area contributed by atoms with Crippen molar-refractivity contribution in [1.29, 1.82) is 0 Å². The van der Waals surface area contributed by atoms with Gasteiger partial charge in [-0.25, -0.2) is 0 Å². The summed E-state index contributed by atoms with van der Waals surface area (Å²) in [6.45, 7) is 1.59. The Hall–Kier alpha value is -4.33. The molecular weight excluding hydrogens is 1200 g/mol. The van der Waals surface area contributed by atoms with Gasteiger partial charge in [0.05, 0.1) is 38.6 Å². The minimum atomic E-state index is -1.98. The number of carbonyl (C=O) groups is 1. The van der Waals surface area contributed by atoms with Crippen LogP contribution in [0.2, 0.25) is 0 Å². The minimum absolute atomic E-state index is 0.201. The Morgan fingerprint density at radius 1 is 0.394 bits per heavy atom. The van der Waals surface area contributed by atoms with Crippen LogP contribution >= 0.6 is 0 Å². The number of rotatable bonds is 51. The number of allylic oxidation sites excluding steroid dienone is 24. The SMILES string of the molecule is CC/C=C\C/C=C\C/C=C\C/C=C\C/C=C\C/C=C\C/C=C\C/C=C\C/C=C\C/C=C\C/C=C\C/C=C\CCCCC(=O)NC(COC1OC(CO)C(OC2OC(CO)C(OC3OC(CO)C(O)C(O)C3O)C(O)C2O)C(O)C1O)C(O)CCCCCCCCCCCC. The van der Waals surface area contributed by atoms with Crippen molar-refractivity contribution in [1.82, 2.24) is 5.32 Å². The molecule has 0 saturated carbocycles. The van der Waals surface area contributed by atoms with Crippen LogP contribution in [0.25, 0.3) is 0 Å². The van der Waals surface area contributed by atoms with E-state index in [4.69, 9.17) is 28.4 Å². The van der Waals surface area contributed by atoms with Gasteiger partial charge in [-0.15, -0.1) is 0 Å². The molecule has 3 heterocycles. The number of hydrogen-bond donors (Lipinski definition) is 12. The van der Waals surface area contributed by atoms with Crippen LogP contribution in [0, 0.1) is 0 Å². The first-order valence-electron chi connectivity index (χ1n) is 35.1. The highest BCUT2D eigenvalue weighted by molar-refractivity contribution is 5.76. The molecule has 534 valence electrons. The van der Waals surface area contributed by atoms with Crippen LogP contribution in [0.4, 0.5) is 0 Å². The zero-order valence-electron chi connectivity index (χ0n) is 56.4. The predicted octanol–water partition coefficient (Wildman–Crippen LogP) is 9.54. The molecule has 12 N–H and O–H groups in total. The van der Waals surface area contributed by atoms with E-state index in [-0.39, 0.29) is 18.9 Å². The van der Waals surface area contributed by atoms with Crippen LogP contribution in [0.3, 0.4) is 0 Å². The first-order valence-corrected chi connectivity index (χ1v) is 35.1. The molecular formula is C75H121NO18. The lowest BCUT2D eigenvalue weighted by Crippen LogP contribution is -2.66. The standard InChI is InChI=1S/C75H121NO18/c1-3-5-7-9-11-13-15-16-17-18-19-20-21-22-23-24-25-26-27-28-29-30-31-32-33-34-35-36-37-38-39-40-41-42-43-45-47-49-51-53-63(81)76-58(59(80)52-50-48-46-44-14-12-10-8-6-4-2)57-89-73-69(87)66(84)71(61(55-78)91-73)94-75-70(88)67(85)72(62(56-79)92-75)93-74-68(86)65(83)64(82)60(54-77)90-74/h5,7,11,13,16-17,19-20,22-23,25-26,28-29,31-32,34-35,37-38,40-41,43,45,58-62,64-75,77-80,82-88H,3-4,6,8-10,12,14-15,18,21,24,27,30,33,36,39,42,44,46-57H2,1-2H3,(H,76,81)/b7-5-,13-11-,17-16-,20-19-,23-22-,26-25-,29-28-,32-31-,35-34-,38-37-,41-40-,45-43-. The average molecular weight is 1320 g/mol. The lowest BCUT2D eigenvalue weighted by Gasteiger charge is -2.48. The summed E-state index contributed by atoms with van der Waals surface area (Å²) in [5.41, 5.74) is 0. The van der Waals surface area contributed by atoms with Crippen LogP contribution < -0.4 is 5.32 Å². The van der Waals surface area contributed by atoms with Crippen LogP contribution in [0.1, 0.15) is 187 Å². The highest BCUT2D eigenvalue weighted by atomic mass is 16.8. The van der Waals surface area contributed by atoms with E-state index in [9.17, 15) is 61.0 Å². The van der Waals surface area contributed by atoms with Crippen molar-refractivity contribution in [2.24, 2.45) is 0 Å². The number of aliphatic hydroxyl groups is 11. The molecule has 17 unspecified atom stereocenters. The lowest BCUT2D eigenvalue weighted by atomic mass is 9.96. The molecule has 0 aliphatic carbocycles. The Morgan fingerprint density at radius 2 is 0.734 bits per heavy atom. The fourth-order valence-corrected chi connectivity index (χ4v) is 10.8. The zero-order valence-corrected chi connectivity index (χ0v) is 56.4. The quantitative estimate of drug-likeness (QED) is 0.0199. The van der Waals surface area contributed by atoms with E-state index in [1.165, 1.54) is 32.1 Å². The highest BCUT2D eigenvalue weighted by Gasteiger charge is 2.53. The molecule has 17 atom stereocenters.